The molecule has 0 unspecified atom stereocenters. The fourth-order valence-corrected chi connectivity index (χ4v) is 2.30. The molecule has 0 aliphatic rings. The molecule has 0 aliphatic carbocycles. The van der Waals surface area contributed by atoms with Crippen molar-refractivity contribution in [3.05, 3.63) is 53.2 Å². The first-order valence-electron chi connectivity index (χ1n) is 6.51. The molecule has 0 fully saturated rings. The van der Waals surface area contributed by atoms with Gasteiger partial charge >= 0.3 is 0 Å². The van der Waals surface area contributed by atoms with Gasteiger partial charge in [0.1, 0.15) is 5.82 Å². The van der Waals surface area contributed by atoms with Gasteiger partial charge in [0, 0.05) is 32.5 Å². The molecule has 3 nitrogen and oxygen atoms in total. The third-order valence-electron chi connectivity index (χ3n) is 3.26. The van der Waals surface area contributed by atoms with E-state index in [4.69, 9.17) is 0 Å². The Morgan fingerprint density at radius 2 is 1.95 bits per heavy atom. The van der Waals surface area contributed by atoms with E-state index in [2.05, 4.69) is 66.4 Å². The van der Waals surface area contributed by atoms with Crippen molar-refractivity contribution >= 4 is 11.5 Å². The van der Waals surface area contributed by atoms with Crippen LogP contribution in [-0.4, -0.2) is 19.1 Å². The Bertz CT molecular complexity index is 564. The zero-order chi connectivity index (χ0) is 13.8. The quantitative estimate of drug-likeness (QED) is 0.907. The Morgan fingerprint density at radius 1 is 1.16 bits per heavy atom. The molecule has 0 aliphatic heterocycles. The Morgan fingerprint density at radius 3 is 2.63 bits per heavy atom. The molecular weight excluding hydrogens is 234 g/mol. The van der Waals surface area contributed by atoms with Crippen LogP contribution < -0.4 is 10.2 Å². The third-order valence-corrected chi connectivity index (χ3v) is 3.26. The van der Waals surface area contributed by atoms with Gasteiger partial charge in [-0.05, 0) is 43.2 Å². The molecular formula is C16H21N3. The molecule has 3 heteroatoms. The number of pyridine rings is 1. The SMILES string of the molecule is CNc1cc(CN(C)c2ccc(C)cc2C)ccn1. The topological polar surface area (TPSA) is 28.2 Å². The lowest BCUT2D eigenvalue weighted by Crippen LogP contribution is -2.17. The van der Waals surface area contributed by atoms with Crippen LogP contribution in [-0.2, 0) is 6.54 Å². The molecule has 1 aromatic carbocycles. The summed E-state index contributed by atoms with van der Waals surface area (Å²) in [5, 5.41) is 3.07. The summed E-state index contributed by atoms with van der Waals surface area (Å²) in [4.78, 5) is 6.50. The van der Waals surface area contributed by atoms with Crippen LogP contribution in [0.4, 0.5) is 11.5 Å². The van der Waals surface area contributed by atoms with Crippen molar-refractivity contribution in [1.82, 2.24) is 4.98 Å². The maximum Gasteiger partial charge on any atom is 0.125 e. The maximum absolute atomic E-state index is 4.24. The van der Waals surface area contributed by atoms with Crippen molar-refractivity contribution in [2.45, 2.75) is 20.4 Å². The summed E-state index contributed by atoms with van der Waals surface area (Å²) in [5.41, 5.74) is 5.14. The second kappa shape index (κ2) is 5.74. The third kappa shape index (κ3) is 3.25. The van der Waals surface area contributed by atoms with Crippen molar-refractivity contribution in [2.75, 3.05) is 24.3 Å². The lowest BCUT2D eigenvalue weighted by molar-refractivity contribution is 0.914. The van der Waals surface area contributed by atoms with Crippen molar-refractivity contribution in [3.63, 3.8) is 0 Å². The molecule has 19 heavy (non-hydrogen) atoms. The standard InChI is InChI=1S/C16H21N3/c1-12-5-6-15(13(2)9-12)19(4)11-14-7-8-18-16(10-14)17-3/h5-10H,11H2,1-4H3,(H,17,18). The minimum absolute atomic E-state index is 0.876. The van der Waals surface area contributed by atoms with Gasteiger partial charge in [0.05, 0.1) is 0 Å². The Labute approximate surface area is 115 Å². The van der Waals surface area contributed by atoms with Crippen LogP contribution in [0.3, 0.4) is 0 Å². The number of rotatable bonds is 4. The number of aryl methyl sites for hydroxylation is 2. The minimum atomic E-state index is 0.876. The largest absolute Gasteiger partial charge is 0.373 e. The maximum atomic E-state index is 4.24. The van der Waals surface area contributed by atoms with Crippen LogP contribution in [0.2, 0.25) is 0 Å². The predicted octanol–water partition coefficient (Wildman–Crippen LogP) is 3.38. The average molecular weight is 255 g/mol. The molecule has 1 N–H and O–H groups in total. The molecule has 0 bridgehead atoms. The first-order chi connectivity index (χ1) is 9.10. The summed E-state index contributed by atoms with van der Waals surface area (Å²) in [6.07, 6.45) is 1.84. The van der Waals surface area contributed by atoms with Crippen LogP contribution in [0.15, 0.2) is 36.5 Å². The van der Waals surface area contributed by atoms with Gasteiger partial charge in [-0.25, -0.2) is 4.98 Å². The van der Waals surface area contributed by atoms with Gasteiger partial charge in [-0.1, -0.05) is 17.7 Å². The highest BCUT2D eigenvalue weighted by atomic mass is 15.1. The van der Waals surface area contributed by atoms with Crippen molar-refractivity contribution < 1.29 is 0 Å². The molecule has 0 atom stereocenters. The van der Waals surface area contributed by atoms with Gasteiger partial charge in [0.2, 0.25) is 0 Å². The number of nitrogens with zero attached hydrogens (tertiary/aromatic N) is 2. The van der Waals surface area contributed by atoms with Crippen molar-refractivity contribution in [1.29, 1.82) is 0 Å². The van der Waals surface area contributed by atoms with Crippen LogP contribution in [0.1, 0.15) is 16.7 Å². The lowest BCUT2D eigenvalue weighted by Gasteiger charge is -2.22. The number of anilines is 2. The molecule has 1 heterocycles. The summed E-state index contributed by atoms with van der Waals surface area (Å²) in [6, 6.07) is 10.7. The van der Waals surface area contributed by atoms with E-state index in [1.807, 2.05) is 13.2 Å². The second-order valence-electron chi connectivity index (χ2n) is 4.95. The van der Waals surface area contributed by atoms with Gasteiger partial charge in [-0.3, -0.25) is 0 Å². The first kappa shape index (κ1) is 13.4. The molecule has 2 aromatic rings. The number of aromatic nitrogens is 1. The fraction of sp³-hybridized carbons (Fsp3) is 0.312. The summed E-state index contributed by atoms with van der Waals surface area (Å²) in [5.74, 6) is 0.909. The highest BCUT2D eigenvalue weighted by Gasteiger charge is 2.06. The van der Waals surface area contributed by atoms with Crippen LogP contribution in [0, 0.1) is 13.8 Å². The van der Waals surface area contributed by atoms with E-state index in [-0.39, 0.29) is 0 Å². The smallest absolute Gasteiger partial charge is 0.125 e. The highest BCUT2D eigenvalue weighted by molar-refractivity contribution is 5.54. The second-order valence-corrected chi connectivity index (χ2v) is 4.95. The van der Waals surface area contributed by atoms with Gasteiger partial charge in [0.15, 0.2) is 0 Å². The zero-order valence-corrected chi connectivity index (χ0v) is 12.1. The molecule has 100 valence electrons. The molecule has 0 saturated heterocycles. The summed E-state index contributed by atoms with van der Waals surface area (Å²) >= 11 is 0. The average Bonchev–Trinajstić information content (AvgIpc) is 2.38. The number of hydrogen-bond acceptors (Lipinski definition) is 3. The lowest BCUT2D eigenvalue weighted by atomic mass is 10.1. The number of nitrogens with one attached hydrogen (secondary N) is 1. The van der Waals surface area contributed by atoms with Crippen molar-refractivity contribution in [2.24, 2.45) is 0 Å². The molecule has 0 amide bonds. The number of hydrogen-bond donors (Lipinski definition) is 1. The van der Waals surface area contributed by atoms with E-state index in [0.717, 1.165) is 12.4 Å². The summed E-state index contributed by atoms with van der Waals surface area (Å²) in [6.45, 7) is 5.16. The molecule has 0 saturated carbocycles. The fourth-order valence-electron chi connectivity index (χ4n) is 2.30. The summed E-state index contributed by atoms with van der Waals surface area (Å²) in [7, 11) is 4.01. The monoisotopic (exact) mass is 255 g/mol. The first-order valence-corrected chi connectivity index (χ1v) is 6.51. The van der Waals surface area contributed by atoms with E-state index in [1.165, 1.54) is 22.4 Å². The zero-order valence-electron chi connectivity index (χ0n) is 12.1. The van der Waals surface area contributed by atoms with Gasteiger partial charge in [-0.2, -0.15) is 0 Å². The van der Waals surface area contributed by atoms with E-state index in [1.54, 1.807) is 0 Å². The van der Waals surface area contributed by atoms with Crippen LogP contribution in [0.25, 0.3) is 0 Å². The van der Waals surface area contributed by atoms with Gasteiger partial charge in [-0.15, -0.1) is 0 Å². The normalized spacial score (nSPS) is 10.3. The Kier molecular flexibility index (Phi) is 4.05. The van der Waals surface area contributed by atoms with Crippen LogP contribution in [0.5, 0.6) is 0 Å². The Hall–Kier alpha value is -2.03. The van der Waals surface area contributed by atoms with E-state index in [0.29, 0.717) is 0 Å². The molecule has 2 rings (SSSR count). The summed E-state index contributed by atoms with van der Waals surface area (Å²) < 4.78 is 0. The minimum Gasteiger partial charge on any atom is -0.373 e. The predicted molar refractivity (Wildman–Crippen MR) is 81.8 cm³/mol. The molecule has 0 radical (unpaired) electrons. The number of benzene rings is 1. The van der Waals surface area contributed by atoms with Gasteiger partial charge in [0.25, 0.3) is 0 Å². The molecule has 0 spiro atoms. The van der Waals surface area contributed by atoms with Gasteiger partial charge < -0.3 is 10.2 Å². The van der Waals surface area contributed by atoms with Crippen molar-refractivity contribution in [3.8, 4) is 0 Å². The van der Waals surface area contributed by atoms with E-state index < -0.39 is 0 Å². The highest BCUT2D eigenvalue weighted by Crippen LogP contribution is 2.22. The van der Waals surface area contributed by atoms with Crippen LogP contribution >= 0.6 is 0 Å². The Balaban J connectivity index is 2.17. The van der Waals surface area contributed by atoms with E-state index in [9.17, 15) is 0 Å². The molecule has 1 aromatic heterocycles. The van der Waals surface area contributed by atoms with E-state index >= 15 is 0 Å².